The van der Waals surface area contributed by atoms with Crippen molar-refractivity contribution in [1.82, 2.24) is 0 Å². The number of hydrogen-bond acceptors (Lipinski definition) is 3. The Morgan fingerprint density at radius 3 is 3.11 bits per heavy atom. The van der Waals surface area contributed by atoms with E-state index in [1.54, 1.807) is 0 Å². The fourth-order valence-electron chi connectivity index (χ4n) is 2.45. The minimum Gasteiger partial charge on any atom is -0.319 e. The van der Waals surface area contributed by atoms with Crippen molar-refractivity contribution in [3.63, 3.8) is 0 Å². The third-order valence-corrected chi connectivity index (χ3v) is 4.35. The zero-order chi connectivity index (χ0) is 12.7. The van der Waals surface area contributed by atoms with Gasteiger partial charge in [0.2, 0.25) is 0 Å². The van der Waals surface area contributed by atoms with Crippen LogP contribution in [-0.2, 0) is 0 Å². The fourth-order valence-corrected chi connectivity index (χ4v) is 3.13. The Hall–Kier alpha value is -1.35. The summed E-state index contributed by atoms with van der Waals surface area (Å²) in [6, 6.07) is 8.99. The molecule has 1 aromatic carbocycles. The average molecular weight is 349 g/mol. The molecule has 0 bridgehead atoms. The van der Waals surface area contributed by atoms with Gasteiger partial charge in [0.25, 0.3) is 0 Å². The summed E-state index contributed by atoms with van der Waals surface area (Å²) in [5.41, 5.74) is 4.22. The van der Waals surface area contributed by atoms with Crippen LogP contribution in [0.5, 0.6) is 0 Å². The molecule has 0 saturated carbocycles. The highest BCUT2D eigenvalue weighted by molar-refractivity contribution is 14.1. The largest absolute Gasteiger partial charge is 0.319 e. The number of nitriles is 1. The minimum absolute atomic E-state index is 0.373. The second-order valence-electron chi connectivity index (χ2n) is 4.57. The molecule has 0 saturated heterocycles. The van der Waals surface area contributed by atoms with Crippen LogP contribution in [0, 0.1) is 18.3 Å². The van der Waals surface area contributed by atoms with E-state index in [9.17, 15) is 5.26 Å². The summed E-state index contributed by atoms with van der Waals surface area (Å²) in [6.07, 6.45) is 1.94. The van der Waals surface area contributed by atoms with E-state index in [0.29, 0.717) is 11.6 Å². The molecule has 0 radical (unpaired) electrons. The zero-order valence-corrected chi connectivity index (χ0v) is 12.2. The number of aryl methyl sites for hydroxylation is 1. The number of hydrogen-bond donors (Lipinski definition) is 0. The van der Waals surface area contributed by atoms with Gasteiger partial charge < -0.3 is 4.90 Å². The maximum atomic E-state index is 9.25. The number of fused-ring (bicyclic) bond motifs is 3. The van der Waals surface area contributed by atoms with E-state index in [1.807, 2.05) is 6.08 Å². The predicted octanol–water partition coefficient (Wildman–Crippen LogP) is 2.94. The highest BCUT2D eigenvalue weighted by Crippen LogP contribution is 2.35. The number of halogens is 1. The average Bonchev–Trinajstić information content (AvgIpc) is 2.82. The molecular weight excluding hydrogens is 337 g/mol. The molecule has 0 spiro atoms. The number of benzene rings is 1. The van der Waals surface area contributed by atoms with Gasteiger partial charge in [-0.15, -0.1) is 0 Å². The second-order valence-corrected chi connectivity index (χ2v) is 5.46. The quantitative estimate of drug-likeness (QED) is 0.578. The number of alkyl halides is 1. The molecular formula is C14H12IN3. The summed E-state index contributed by atoms with van der Waals surface area (Å²) >= 11 is 2.39. The topological polar surface area (TPSA) is 39.4 Å². The van der Waals surface area contributed by atoms with Crippen molar-refractivity contribution >= 4 is 40.2 Å². The molecule has 0 aromatic heterocycles. The summed E-state index contributed by atoms with van der Waals surface area (Å²) < 4.78 is 1.01. The zero-order valence-electron chi connectivity index (χ0n) is 10.0. The van der Waals surface area contributed by atoms with Gasteiger partial charge in [0.05, 0.1) is 23.8 Å². The molecule has 0 N–H and O–H groups in total. The summed E-state index contributed by atoms with van der Waals surface area (Å²) in [5, 5.41) is 9.25. The van der Waals surface area contributed by atoms with Crippen LogP contribution in [0.1, 0.15) is 11.1 Å². The van der Waals surface area contributed by atoms with E-state index in [-0.39, 0.29) is 0 Å². The summed E-state index contributed by atoms with van der Waals surface area (Å²) in [7, 11) is 0. The van der Waals surface area contributed by atoms with Crippen molar-refractivity contribution in [2.75, 3.05) is 15.9 Å². The summed E-state index contributed by atoms with van der Waals surface area (Å²) in [5.74, 6) is 0.845. The normalized spacial score (nSPS) is 20.7. The first-order chi connectivity index (χ1) is 8.74. The van der Waals surface area contributed by atoms with Gasteiger partial charge in [-0.25, -0.2) is 0 Å². The summed E-state index contributed by atoms with van der Waals surface area (Å²) in [4.78, 5) is 6.77. The van der Waals surface area contributed by atoms with Gasteiger partial charge in [-0.05, 0) is 30.2 Å². The first-order valence-corrected chi connectivity index (χ1v) is 7.39. The van der Waals surface area contributed by atoms with E-state index >= 15 is 0 Å². The van der Waals surface area contributed by atoms with Gasteiger partial charge >= 0.3 is 0 Å². The smallest absolute Gasteiger partial charge is 0.146 e. The maximum Gasteiger partial charge on any atom is 0.146 e. The van der Waals surface area contributed by atoms with Crippen LogP contribution < -0.4 is 4.90 Å². The molecule has 0 aliphatic carbocycles. The van der Waals surface area contributed by atoms with Crippen LogP contribution in [0.25, 0.3) is 6.08 Å². The van der Waals surface area contributed by atoms with Crippen LogP contribution in [0.4, 0.5) is 5.69 Å². The lowest BCUT2D eigenvalue weighted by molar-refractivity contribution is 0.805. The molecule has 18 heavy (non-hydrogen) atoms. The Balaban J connectivity index is 2.21. The Morgan fingerprint density at radius 2 is 2.39 bits per heavy atom. The lowest BCUT2D eigenvalue weighted by atomic mass is 10.00. The molecule has 1 unspecified atom stereocenters. The third kappa shape index (κ3) is 1.65. The molecule has 0 fully saturated rings. The number of nitrogens with zero attached hydrogens (tertiary/aromatic N) is 3. The highest BCUT2D eigenvalue weighted by Gasteiger charge is 2.34. The van der Waals surface area contributed by atoms with Crippen molar-refractivity contribution in [3.8, 4) is 6.07 Å². The SMILES string of the molecule is Cc1ccc2c(c1)N1C(=NCC1CI)C(C#N)=C2. The van der Waals surface area contributed by atoms with Gasteiger partial charge in [0, 0.05) is 4.43 Å². The monoisotopic (exact) mass is 349 g/mol. The van der Waals surface area contributed by atoms with Crippen molar-refractivity contribution in [2.24, 2.45) is 4.99 Å². The Labute approximate surface area is 120 Å². The van der Waals surface area contributed by atoms with Gasteiger partial charge in [0.15, 0.2) is 0 Å². The lowest BCUT2D eigenvalue weighted by Gasteiger charge is -2.31. The van der Waals surface area contributed by atoms with Crippen molar-refractivity contribution in [3.05, 3.63) is 34.9 Å². The molecule has 3 rings (SSSR count). The molecule has 3 nitrogen and oxygen atoms in total. The molecule has 90 valence electrons. The first kappa shape index (κ1) is 11.7. The van der Waals surface area contributed by atoms with Crippen molar-refractivity contribution in [1.29, 1.82) is 5.26 Å². The van der Waals surface area contributed by atoms with Crippen LogP contribution in [0.15, 0.2) is 28.8 Å². The Kier molecular flexibility index (Phi) is 2.86. The van der Waals surface area contributed by atoms with Crippen LogP contribution in [0.3, 0.4) is 0 Å². The minimum atomic E-state index is 0.373. The third-order valence-electron chi connectivity index (χ3n) is 3.33. The molecule has 1 atom stereocenters. The van der Waals surface area contributed by atoms with Crippen molar-refractivity contribution < 1.29 is 0 Å². The summed E-state index contributed by atoms with van der Waals surface area (Å²) in [6.45, 7) is 2.88. The number of aliphatic imine (C=N–C) groups is 1. The standard InChI is InChI=1S/C14H12IN3/c1-9-2-3-10-5-11(7-16)14-17-8-12(6-15)18(14)13(10)4-9/h2-5,12H,6,8H2,1H3. The molecule has 0 amide bonds. The number of rotatable bonds is 1. The van der Waals surface area contributed by atoms with Crippen molar-refractivity contribution in [2.45, 2.75) is 13.0 Å². The molecule has 2 aliphatic rings. The van der Waals surface area contributed by atoms with Gasteiger partial charge in [-0.3, -0.25) is 4.99 Å². The molecule has 2 aliphatic heterocycles. The molecule has 4 heteroatoms. The second kappa shape index (κ2) is 4.39. The van der Waals surface area contributed by atoms with E-state index in [2.05, 4.69) is 63.7 Å². The Bertz CT molecular complexity index is 610. The predicted molar refractivity (Wildman–Crippen MR) is 82.2 cm³/mol. The molecule has 2 heterocycles. The lowest BCUT2D eigenvalue weighted by Crippen LogP contribution is -2.40. The van der Waals surface area contributed by atoms with Crippen LogP contribution >= 0.6 is 22.6 Å². The van der Waals surface area contributed by atoms with E-state index in [1.165, 1.54) is 11.3 Å². The Morgan fingerprint density at radius 1 is 1.56 bits per heavy atom. The van der Waals surface area contributed by atoms with E-state index in [0.717, 1.165) is 22.4 Å². The maximum absolute atomic E-state index is 9.25. The van der Waals surface area contributed by atoms with E-state index in [4.69, 9.17) is 0 Å². The van der Waals surface area contributed by atoms with Gasteiger partial charge in [-0.2, -0.15) is 5.26 Å². The number of amidine groups is 1. The highest BCUT2D eigenvalue weighted by atomic mass is 127. The number of anilines is 1. The first-order valence-electron chi connectivity index (χ1n) is 5.87. The van der Waals surface area contributed by atoms with Crippen LogP contribution in [0.2, 0.25) is 0 Å². The van der Waals surface area contributed by atoms with Gasteiger partial charge in [0.1, 0.15) is 11.9 Å². The van der Waals surface area contributed by atoms with E-state index < -0.39 is 0 Å². The van der Waals surface area contributed by atoms with Gasteiger partial charge in [-0.1, -0.05) is 34.7 Å². The van der Waals surface area contributed by atoms with Crippen LogP contribution in [-0.4, -0.2) is 22.8 Å². The molecule has 1 aromatic rings. The fraction of sp³-hybridized carbons (Fsp3) is 0.286.